The fourth-order valence-electron chi connectivity index (χ4n) is 7.36. The number of alkyl halides is 6. The molecule has 3 atom stereocenters. The molecule has 3 unspecified atom stereocenters. The third-order valence-electron chi connectivity index (χ3n) is 11.3. The van der Waals surface area contributed by atoms with Crippen LogP contribution in [0, 0.1) is 0 Å². The predicted octanol–water partition coefficient (Wildman–Crippen LogP) is 10.8. The molecule has 2 N–H and O–H groups in total. The first kappa shape index (κ1) is 40.9. The number of nitrogens with zero attached hydrogens (tertiary/aromatic N) is 1. The van der Waals surface area contributed by atoms with E-state index >= 15 is 0 Å². The highest BCUT2D eigenvalue weighted by molar-refractivity contribution is 5.42. The van der Waals surface area contributed by atoms with Gasteiger partial charge in [0.25, 0.3) is 0 Å². The zero-order valence-corrected chi connectivity index (χ0v) is 32.0. The van der Waals surface area contributed by atoms with Crippen LogP contribution in [0.4, 0.5) is 26.3 Å². The summed E-state index contributed by atoms with van der Waals surface area (Å²) in [5.74, 6) is 1.31. The Balaban J connectivity index is 0.000000173. The molecule has 3 heterocycles. The van der Waals surface area contributed by atoms with Crippen LogP contribution in [0.15, 0.2) is 54.6 Å². The largest absolute Gasteiger partial charge is 0.410 e. The van der Waals surface area contributed by atoms with E-state index in [1.165, 1.54) is 36.3 Å². The lowest BCUT2D eigenvalue weighted by Gasteiger charge is -2.45. The van der Waals surface area contributed by atoms with Crippen molar-refractivity contribution in [1.29, 1.82) is 0 Å². The Morgan fingerprint density at radius 2 is 1.12 bits per heavy atom. The minimum Gasteiger partial charge on any atom is -0.310 e. The molecule has 6 rings (SSSR count). The molecule has 3 nitrogen and oxygen atoms in total. The van der Waals surface area contributed by atoms with E-state index in [0.717, 1.165) is 28.8 Å². The predicted molar refractivity (Wildman–Crippen MR) is 197 cm³/mol. The van der Waals surface area contributed by atoms with Gasteiger partial charge in [-0.25, -0.2) is 0 Å². The van der Waals surface area contributed by atoms with Crippen molar-refractivity contribution in [3.63, 3.8) is 0 Å². The smallest absolute Gasteiger partial charge is 0.310 e. The van der Waals surface area contributed by atoms with E-state index in [2.05, 4.69) is 63.5 Å². The van der Waals surface area contributed by atoms with Gasteiger partial charge in [0.1, 0.15) is 11.1 Å². The van der Waals surface area contributed by atoms with E-state index < -0.39 is 23.4 Å². The van der Waals surface area contributed by atoms with Crippen molar-refractivity contribution in [3.05, 3.63) is 105 Å². The van der Waals surface area contributed by atoms with E-state index in [0.29, 0.717) is 60.9 Å². The Bertz CT molecular complexity index is 1640. The molecule has 9 heteroatoms. The quantitative estimate of drug-likeness (QED) is 0.264. The highest BCUT2D eigenvalue weighted by atomic mass is 19.4. The molecule has 0 amide bonds. The van der Waals surface area contributed by atoms with E-state index in [-0.39, 0.29) is 0 Å². The van der Waals surface area contributed by atoms with Gasteiger partial charge in [0, 0.05) is 19.1 Å². The van der Waals surface area contributed by atoms with Gasteiger partial charge in [-0.1, -0.05) is 96.1 Å². The van der Waals surface area contributed by atoms with Crippen LogP contribution in [0.3, 0.4) is 0 Å². The molecule has 3 aromatic rings. The topological polar surface area (TPSA) is 27.3 Å². The van der Waals surface area contributed by atoms with E-state index in [4.69, 9.17) is 0 Å². The van der Waals surface area contributed by atoms with Gasteiger partial charge < -0.3 is 5.32 Å². The summed E-state index contributed by atoms with van der Waals surface area (Å²) >= 11 is 0. The lowest BCUT2D eigenvalue weighted by Crippen LogP contribution is -2.55. The van der Waals surface area contributed by atoms with Crippen LogP contribution in [-0.2, 0) is 30.3 Å². The van der Waals surface area contributed by atoms with Crippen molar-refractivity contribution < 1.29 is 26.3 Å². The summed E-state index contributed by atoms with van der Waals surface area (Å²) in [6.45, 7) is 19.4. The molecule has 0 spiro atoms. The molecule has 3 aromatic carbocycles. The number of likely N-dealkylation sites (N-methyl/N-ethyl adjacent to an activating group) is 1. The second-order valence-corrected chi connectivity index (χ2v) is 15.7. The summed E-state index contributed by atoms with van der Waals surface area (Å²) < 4.78 is 80.0. The average Bonchev–Trinajstić information content (AvgIpc) is 3.05. The number of rotatable bonds is 3. The molecular formula is C42H57F6N3. The lowest BCUT2D eigenvalue weighted by molar-refractivity contribution is -0.230. The van der Waals surface area contributed by atoms with Crippen LogP contribution in [-0.4, -0.2) is 43.9 Å². The SMILES string of the molecule is CC(C)c1ccc2c(c1)CCN(C)C2(C)C(F)(F)F.CC(C)c1ccc2c(c1)CCNC2(C)C(F)(F)F.CC(C)c1ccc2c(c1)CCNC2C. The Morgan fingerprint density at radius 3 is 1.63 bits per heavy atom. The Hall–Kier alpha value is -2.88. The van der Waals surface area contributed by atoms with Crippen molar-refractivity contribution in [2.24, 2.45) is 0 Å². The fraction of sp³-hybridized carbons (Fsp3) is 0.571. The maximum Gasteiger partial charge on any atom is 0.410 e. The molecule has 0 aliphatic carbocycles. The molecule has 0 saturated heterocycles. The second-order valence-electron chi connectivity index (χ2n) is 15.7. The second kappa shape index (κ2) is 15.6. The molecule has 3 aliphatic rings. The van der Waals surface area contributed by atoms with Crippen LogP contribution in [0.5, 0.6) is 0 Å². The fourth-order valence-corrected chi connectivity index (χ4v) is 7.36. The van der Waals surface area contributed by atoms with Gasteiger partial charge in [0.05, 0.1) is 0 Å². The number of benzene rings is 3. The van der Waals surface area contributed by atoms with E-state index in [1.807, 2.05) is 32.0 Å². The number of hydrogen-bond acceptors (Lipinski definition) is 3. The van der Waals surface area contributed by atoms with Crippen LogP contribution in [0.2, 0.25) is 0 Å². The van der Waals surface area contributed by atoms with Crippen LogP contribution in [0.1, 0.15) is 136 Å². The third-order valence-corrected chi connectivity index (χ3v) is 11.3. The molecule has 0 bridgehead atoms. The van der Waals surface area contributed by atoms with E-state index in [1.54, 1.807) is 30.8 Å². The molecular weight excluding hydrogens is 660 g/mol. The van der Waals surface area contributed by atoms with Gasteiger partial charge in [0.2, 0.25) is 0 Å². The third kappa shape index (κ3) is 8.52. The number of fused-ring (bicyclic) bond motifs is 3. The Labute approximate surface area is 301 Å². The highest BCUT2D eigenvalue weighted by Gasteiger charge is 2.57. The van der Waals surface area contributed by atoms with Crippen LogP contribution in [0.25, 0.3) is 0 Å². The van der Waals surface area contributed by atoms with Crippen molar-refractivity contribution in [3.8, 4) is 0 Å². The van der Waals surface area contributed by atoms with Crippen LogP contribution >= 0.6 is 0 Å². The first-order chi connectivity index (χ1) is 23.6. The zero-order valence-electron chi connectivity index (χ0n) is 32.0. The summed E-state index contributed by atoms with van der Waals surface area (Å²) in [4.78, 5) is 1.41. The first-order valence-electron chi connectivity index (χ1n) is 18.3. The zero-order chi connectivity index (χ0) is 38.1. The van der Waals surface area contributed by atoms with Gasteiger partial charge in [-0.2, -0.15) is 26.3 Å². The monoisotopic (exact) mass is 717 g/mol. The maximum absolute atomic E-state index is 13.5. The van der Waals surface area contributed by atoms with Crippen molar-refractivity contribution in [2.75, 3.05) is 26.7 Å². The van der Waals surface area contributed by atoms with E-state index in [9.17, 15) is 26.3 Å². The summed E-state index contributed by atoms with van der Waals surface area (Å²) in [5.41, 5.74) is 5.33. The summed E-state index contributed by atoms with van der Waals surface area (Å²) in [6.07, 6.45) is -6.03. The summed E-state index contributed by atoms with van der Waals surface area (Å²) in [7, 11) is 1.55. The number of halogens is 6. The lowest BCUT2D eigenvalue weighted by atomic mass is 9.80. The van der Waals surface area contributed by atoms with Gasteiger partial charge in [0.15, 0.2) is 0 Å². The Morgan fingerprint density at radius 1 is 0.647 bits per heavy atom. The van der Waals surface area contributed by atoms with Crippen molar-refractivity contribution in [2.45, 2.75) is 129 Å². The average molecular weight is 718 g/mol. The minimum absolute atomic E-state index is 0.335. The summed E-state index contributed by atoms with van der Waals surface area (Å²) in [6, 6.07) is 18.3. The molecule has 0 fully saturated rings. The molecule has 51 heavy (non-hydrogen) atoms. The maximum atomic E-state index is 13.5. The molecule has 0 aromatic heterocycles. The van der Waals surface area contributed by atoms with Gasteiger partial charge in [-0.05, 0) is 121 Å². The van der Waals surface area contributed by atoms with Gasteiger partial charge in [-0.3, -0.25) is 10.2 Å². The van der Waals surface area contributed by atoms with Crippen LogP contribution < -0.4 is 10.6 Å². The highest BCUT2D eigenvalue weighted by Crippen LogP contribution is 2.47. The first-order valence-corrected chi connectivity index (χ1v) is 18.3. The number of nitrogens with one attached hydrogen (secondary N) is 2. The molecule has 3 aliphatic heterocycles. The molecule has 282 valence electrons. The van der Waals surface area contributed by atoms with Crippen molar-refractivity contribution >= 4 is 0 Å². The Kier molecular flexibility index (Phi) is 12.5. The van der Waals surface area contributed by atoms with Gasteiger partial charge >= 0.3 is 12.4 Å². The summed E-state index contributed by atoms with van der Waals surface area (Å²) in [5, 5.41) is 6.10. The normalized spacial score (nSPS) is 23.5. The standard InChI is InChI=1S/C15H20F3N.C14H18F3N.C13H19N/c1-10(2)11-5-6-13-12(9-11)7-8-19(4)14(13,3)15(16,17)18;1-9(2)10-4-5-12-11(8-10)6-7-18-13(12,3)14(15,16)17;1-9(2)11-4-5-13-10(3)14-7-6-12(13)8-11/h5-6,9-10H,7-8H2,1-4H3;4-5,8-9,18H,6-7H2,1-3H3;4-5,8-10,14H,6-7H2,1-3H3. The molecule has 0 radical (unpaired) electrons. The van der Waals surface area contributed by atoms with Crippen molar-refractivity contribution in [1.82, 2.24) is 15.5 Å². The number of hydrogen-bond donors (Lipinski definition) is 2. The molecule has 0 saturated carbocycles. The van der Waals surface area contributed by atoms with Gasteiger partial charge in [-0.15, -0.1) is 0 Å². The minimum atomic E-state index is -4.28.